The van der Waals surface area contributed by atoms with E-state index in [1.807, 2.05) is 6.07 Å². The number of rotatable bonds is 5. The van der Waals surface area contributed by atoms with Gasteiger partial charge in [0.05, 0.1) is 11.6 Å². The molecule has 1 heterocycles. The van der Waals surface area contributed by atoms with Gasteiger partial charge in [-0.3, -0.25) is 0 Å². The van der Waals surface area contributed by atoms with E-state index in [9.17, 15) is 0 Å². The molecule has 0 radical (unpaired) electrons. The molecule has 2 rings (SSSR count). The maximum atomic E-state index is 6.22. The minimum absolute atomic E-state index is 0.0652. The minimum Gasteiger partial charge on any atom is -0.477 e. The summed E-state index contributed by atoms with van der Waals surface area (Å²) in [5.41, 5.74) is 1.11. The number of pyridine rings is 1. The van der Waals surface area contributed by atoms with E-state index in [0.29, 0.717) is 16.8 Å². The summed E-state index contributed by atoms with van der Waals surface area (Å²) in [5.74, 6) is 1.38. The molecule has 1 saturated carbocycles. The maximum absolute atomic E-state index is 6.22. The molecule has 4 heteroatoms. The van der Waals surface area contributed by atoms with Gasteiger partial charge in [-0.25, -0.2) is 4.98 Å². The molecule has 0 bridgehead atoms. The van der Waals surface area contributed by atoms with Crippen LogP contribution in [-0.4, -0.2) is 17.1 Å². The van der Waals surface area contributed by atoms with E-state index in [0.717, 1.165) is 18.7 Å². The van der Waals surface area contributed by atoms with E-state index in [1.165, 1.54) is 32.1 Å². The first-order valence-corrected chi connectivity index (χ1v) is 8.34. The third-order valence-electron chi connectivity index (χ3n) is 3.91. The van der Waals surface area contributed by atoms with Gasteiger partial charge in [-0.15, -0.1) is 0 Å². The standard InChI is InChI=1S/C17H27ClN2O/c1-17(2,3)20-10-14-9-16(19-11-15(14)18)21-12-13-7-5-4-6-8-13/h9,11,13,20H,4-8,10,12H2,1-3H3. The number of halogens is 1. The monoisotopic (exact) mass is 310 g/mol. The van der Waals surface area contributed by atoms with Gasteiger partial charge in [0.15, 0.2) is 0 Å². The van der Waals surface area contributed by atoms with Gasteiger partial charge in [-0.2, -0.15) is 0 Å². The molecular weight excluding hydrogens is 284 g/mol. The van der Waals surface area contributed by atoms with Crippen molar-refractivity contribution in [3.05, 3.63) is 22.8 Å². The lowest BCUT2D eigenvalue weighted by atomic mass is 9.90. The van der Waals surface area contributed by atoms with Crippen molar-refractivity contribution in [1.82, 2.24) is 10.3 Å². The lowest BCUT2D eigenvalue weighted by molar-refractivity contribution is 0.202. The number of aromatic nitrogens is 1. The zero-order valence-electron chi connectivity index (χ0n) is 13.4. The second-order valence-corrected chi connectivity index (χ2v) is 7.44. The van der Waals surface area contributed by atoms with E-state index in [1.54, 1.807) is 6.20 Å². The molecule has 0 amide bonds. The molecule has 118 valence electrons. The van der Waals surface area contributed by atoms with Gasteiger partial charge in [0.1, 0.15) is 0 Å². The fourth-order valence-electron chi connectivity index (χ4n) is 2.59. The largest absolute Gasteiger partial charge is 0.477 e. The lowest BCUT2D eigenvalue weighted by Gasteiger charge is -2.22. The van der Waals surface area contributed by atoms with Crippen LogP contribution in [0.4, 0.5) is 0 Å². The van der Waals surface area contributed by atoms with Crippen molar-refractivity contribution >= 4 is 11.6 Å². The number of hydrogen-bond donors (Lipinski definition) is 1. The zero-order valence-corrected chi connectivity index (χ0v) is 14.2. The van der Waals surface area contributed by atoms with Crippen molar-refractivity contribution in [2.45, 2.75) is 65.0 Å². The highest BCUT2D eigenvalue weighted by Gasteiger charge is 2.15. The van der Waals surface area contributed by atoms with Gasteiger partial charge in [0.2, 0.25) is 5.88 Å². The molecule has 1 aromatic heterocycles. The average molecular weight is 311 g/mol. The maximum Gasteiger partial charge on any atom is 0.213 e. The first kappa shape index (κ1) is 16.6. The first-order chi connectivity index (χ1) is 9.94. The zero-order chi connectivity index (χ0) is 15.3. The predicted molar refractivity (Wildman–Crippen MR) is 87.9 cm³/mol. The van der Waals surface area contributed by atoms with Crippen LogP contribution in [0.15, 0.2) is 12.3 Å². The Bertz CT molecular complexity index is 451. The Balaban J connectivity index is 1.91. The minimum atomic E-state index is 0.0652. The Labute approximate surface area is 133 Å². The average Bonchev–Trinajstić information content (AvgIpc) is 2.45. The van der Waals surface area contributed by atoms with Crippen LogP contribution in [0.1, 0.15) is 58.4 Å². The Kier molecular flexibility index (Phi) is 5.88. The Morgan fingerprint density at radius 2 is 2.00 bits per heavy atom. The van der Waals surface area contributed by atoms with E-state index in [4.69, 9.17) is 16.3 Å². The molecule has 0 aromatic carbocycles. The highest BCUT2D eigenvalue weighted by molar-refractivity contribution is 6.31. The summed E-state index contributed by atoms with van der Waals surface area (Å²) >= 11 is 6.22. The van der Waals surface area contributed by atoms with Crippen molar-refractivity contribution in [2.24, 2.45) is 5.92 Å². The molecular formula is C17H27ClN2O. The molecule has 0 saturated heterocycles. The van der Waals surface area contributed by atoms with E-state index in [2.05, 4.69) is 31.1 Å². The molecule has 1 fully saturated rings. The van der Waals surface area contributed by atoms with Crippen LogP contribution in [-0.2, 0) is 6.54 Å². The van der Waals surface area contributed by atoms with Gasteiger partial charge < -0.3 is 10.1 Å². The molecule has 1 aliphatic rings. The van der Waals surface area contributed by atoms with Crippen LogP contribution < -0.4 is 10.1 Å². The number of nitrogens with zero attached hydrogens (tertiary/aromatic N) is 1. The molecule has 1 N–H and O–H groups in total. The van der Waals surface area contributed by atoms with E-state index >= 15 is 0 Å². The second-order valence-electron chi connectivity index (χ2n) is 7.03. The van der Waals surface area contributed by atoms with Crippen LogP contribution in [0.3, 0.4) is 0 Å². The van der Waals surface area contributed by atoms with Crippen molar-refractivity contribution in [1.29, 1.82) is 0 Å². The van der Waals surface area contributed by atoms with Crippen LogP contribution in [0, 0.1) is 5.92 Å². The quantitative estimate of drug-likeness (QED) is 0.864. The van der Waals surface area contributed by atoms with Crippen LogP contribution in [0.25, 0.3) is 0 Å². The summed E-state index contributed by atoms with van der Waals surface area (Å²) in [6.45, 7) is 7.93. The summed E-state index contributed by atoms with van der Waals surface area (Å²) < 4.78 is 5.88. The molecule has 0 aliphatic heterocycles. The second kappa shape index (κ2) is 7.46. The predicted octanol–water partition coefficient (Wildman–Crippen LogP) is 4.58. The van der Waals surface area contributed by atoms with Crippen LogP contribution in [0.2, 0.25) is 5.02 Å². The first-order valence-electron chi connectivity index (χ1n) is 7.96. The number of nitrogens with one attached hydrogen (secondary N) is 1. The van der Waals surface area contributed by atoms with Gasteiger partial charge in [-0.1, -0.05) is 30.9 Å². The fraction of sp³-hybridized carbons (Fsp3) is 0.706. The summed E-state index contributed by atoms with van der Waals surface area (Å²) in [6, 6.07) is 1.96. The molecule has 1 aromatic rings. The molecule has 3 nitrogen and oxygen atoms in total. The number of ether oxygens (including phenoxy) is 1. The Morgan fingerprint density at radius 3 is 2.67 bits per heavy atom. The summed E-state index contributed by atoms with van der Waals surface area (Å²) in [7, 11) is 0. The molecule has 21 heavy (non-hydrogen) atoms. The smallest absolute Gasteiger partial charge is 0.213 e. The Morgan fingerprint density at radius 1 is 1.29 bits per heavy atom. The Hall–Kier alpha value is -0.800. The van der Waals surface area contributed by atoms with Gasteiger partial charge in [0.25, 0.3) is 0 Å². The van der Waals surface area contributed by atoms with E-state index in [-0.39, 0.29) is 5.54 Å². The SMILES string of the molecule is CC(C)(C)NCc1cc(OCC2CCCCC2)ncc1Cl. The topological polar surface area (TPSA) is 34.1 Å². The highest BCUT2D eigenvalue weighted by Crippen LogP contribution is 2.25. The lowest BCUT2D eigenvalue weighted by Crippen LogP contribution is -2.35. The summed E-state index contributed by atoms with van der Waals surface area (Å²) in [5, 5.41) is 4.14. The van der Waals surface area contributed by atoms with Crippen molar-refractivity contribution in [2.75, 3.05) is 6.61 Å². The summed E-state index contributed by atoms with van der Waals surface area (Å²) in [4.78, 5) is 4.29. The fourth-order valence-corrected chi connectivity index (χ4v) is 2.76. The molecule has 0 spiro atoms. The van der Waals surface area contributed by atoms with Crippen molar-refractivity contribution in [3.63, 3.8) is 0 Å². The van der Waals surface area contributed by atoms with Crippen molar-refractivity contribution in [3.8, 4) is 5.88 Å². The van der Waals surface area contributed by atoms with Gasteiger partial charge in [0, 0.05) is 24.3 Å². The molecule has 0 atom stereocenters. The van der Waals surface area contributed by atoms with E-state index < -0.39 is 0 Å². The summed E-state index contributed by atoms with van der Waals surface area (Å²) in [6.07, 6.45) is 8.31. The van der Waals surface area contributed by atoms with Crippen molar-refractivity contribution < 1.29 is 4.74 Å². The molecule has 1 aliphatic carbocycles. The highest BCUT2D eigenvalue weighted by atomic mass is 35.5. The molecule has 0 unspecified atom stereocenters. The van der Waals surface area contributed by atoms with Gasteiger partial charge in [-0.05, 0) is 45.1 Å². The van der Waals surface area contributed by atoms with Gasteiger partial charge >= 0.3 is 0 Å². The third kappa shape index (κ3) is 5.84. The normalized spacial score (nSPS) is 17.0. The van der Waals surface area contributed by atoms with Crippen LogP contribution in [0.5, 0.6) is 5.88 Å². The van der Waals surface area contributed by atoms with Crippen LogP contribution >= 0.6 is 11.6 Å². The third-order valence-corrected chi connectivity index (χ3v) is 4.25. The number of hydrogen-bond acceptors (Lipinski definition) is 3.